The van der Waals surface area contributed by atoms with Crippen LogP contribution in [0.1, 0.15) is 12.0 Å². The topological polar surface area (TPSA) is 44.6 Å². The number of likely N-dealkylation sites (N-methyl/N-ethyl adjacent to an activating group) is 1. The summed E-state index contributed by atoms with van der Waals surface area (Å²) < 4.78 is 1.85. The maximum absolute atomic E-state index is 12.6. The second-order valence-electron chi connectivity index (χ2n) is 7.38. The second kappa shape index (κ2) is 6.28. The number of nitrogens with zero attached hydrogens (tertiary/aromatic N) is 5. The molecule has 4 rings (SSSR count). The number of benzene rings is 1. The fourth-order valence-electron chi connectivity index (χ4n) is 4.13. The highest BCUT2D eigenvalue weighted by molar-refractivity contribution is 5.96. The fourth-order valence-corrected chi connectivity index (χ4v) is 4.13. The van der Waals surface area contributed by atoms with Gasteiger partial charge in [0.15, 0.2) is 0 Å². The lowest BCUT2D eigenvalue weighted by Gasteiger charge is -2.47. The number of hydrogen-bond donors (Lipinski definition) is 0. The molecule has 2 aliphatic heterocycles. The molecule has 6 nitrogen and oxygen atoms in total. The lowest BCUT2D eigenvalue weighted by atomic mass is 9.92. The summed E-state index contributed by atoms with van der Waals surface area (Å²) in [6.07, 6.45) is 5.10. The first-order chi connectivity index (χ1) is 12.1. The van der Waals surface area contributed by atoms with Crippen molar-refractivity contribution in [2.45, 2.75) is 18.5 Å². The summed E-state index contributed by atoms with van der Waals surface area (Å²) in [5, 5.41) is 4.27. The van der Waals surface area contributed by atoms with E-state index < -0.39 is 0 Å². The number of anilines is 1. The zero-order valence-electron chi connectivity index (χ0n) is 14.9. The number of carbonyl (C=O) groups is 1. The lowest BCUT2D eigenvalue weighted by Crippen LogP contribution is -2.64. The van der Waals surface area contributed by atoms with E-state index in [4.69, 9.17) is 0 Å². The molecule has 1 spiro atoms. The summed E-state index contributed by atoms with van der Waals surface area (Å²) in [6.45, 7) is 4.19. The van der Waals surface area contributed by atoms with Crippen LogP contribution in [0.2, 0.25) is 0 Å². The molecule has 2 aliphatic rings. The standard InChI is InChI=1S/C19H25N5O/c1-21-13-18(25)24(17-6-4-3-5-7-17)15-19(21)8-9-23(14-19)12-16-10-20-22(2)11-16/h3-7,10-11H,8-9,12-15H2,1-2H3. The maximum Gasteiger partial charge on any atom is 0.241 e. The Hall–Kier alpha value is -2.18. The third-order valence-electron chi connectivity index (χ3n) is 5.58. The van der Waals surface area contributed by atoms with Gasteiger partial charge in [0.05, 0.1) is 18.3 Å². The number of piperazine rings is 1. The van der Waals surface area contributed by atoms with Crippen LogP contribution in [0, 0.1) is 0 Å². The van der Waals surface area contributed by atoms with Crippen LogP contribution in [-0.4, -0.2) is 64.3 Å². The largest absolute Gasteiger partial charge is 0.309 e. The molecule has 0 saturated carbocycles. The van der Waals surface area contributed by atoms with Gasteiger partial charge in [-0.3, -0.25) is 19.3 Å². The van der Waals surface area contributed by atoms with E-state index in [1.54, 1.807) is 0 Å². The number of hydrogen-bond acceptors (Lipinski definition) is 4. The molecular weight excluding hydrogens is 314 g/mol. The highest BCUT2D eigenvalue weighted by Gasteiger charge is 2.47. The Bertz CT molecular complexity index is 758. The molecule has 1 atom stereocenters. The number of aryl methyl sites for hydroxylation is 1. The Labute approximate surface area is 148 Å². The molecule has 1 unspecified atom stereocenters. The minimum atomic E-state index is 0.0337. The van der Waals surface area contributed by atoms with E-state index >= 15 is 0 Å². The number of amides is 1. The van der Waals surface area contributed by atoms with E-state index in [0.717, 1.165) is 38.3 Å². The molecule has 1 aromatic carbocycles. The van der Waals surface area contributed by atoms with Crippen LogP contribution in [0.15, 0.2) is 42.7 Å². The summed E-state index contributed by atoms with van der Waals surface area (Å²) in [4.78, 5) is 19.3. The Kier molecular flexibility index (Phi) is 4.09. The average molecular weight is 339 g/mol. The molecule has 0 radical (unpaired) electrons. The Morgan fingerprint density at radius 1 is 1.16 bits per heavy atom. The third kappa shape index (κ3) is 3.07. The van der Waals surface area contributed by atoms with Crippen LogP contribution in [0.3, 0.4) is 0 Å². The number of rotatable bonds is 3. The minimum Gasteiger partial charge on any atom is -0.309 e. The van der Waals surface area contributed by atoms with Gasteiger partial charge in [0.2, 0.25) is 5.91 Å². The van der Waals surface area contributed by atoms with Crippen molar-refractivity contribution in [1.29, 1.82) is 0 Å². The van der Waals surface area contributed by atoms with E-state index in [0.29, 0.717) is 6.54 Å². The highest BCUT2D eigenvalue weighted by atomic mass is 16.2. The normalized spacial score (nSPS) is 25.2. The molecule has 1 aromatic heterocycles. The van der Waals surface area contributed by atoms with Gasteiger partial charge >= 0.3 is 0 Å². The van der Waals surface area contributed by atoms with Crippen molar-refractivity contribution >= 4 is 11.6 Å². The molecule has 2 fully saturated rings. The smallest absolute Gasteiger partial charge is 0.241 e. The van der Waals surface area contributed by atoms with Crippen LogP contribution in [0.4, 0.5) is 5.69 Å². The molecule has 132 valence electrons. The van der Waals surface area contributed by atoms with E-state index in [2.05, 4.69) is 28.1 Å². The summed E-state index contributed by atoms with van der Waals surface area (Å²) in [5.74, 6) is 0.185. The fraction of sp³-hybridized carbons (Fsp3) is 0.474. The van der Waals surface area contributed by atoms with Gasteiger partial charge < -0.3 is 4.90 Å². The van der Waals surface area contributed by atoms with Gasteiger partial charge in [0.25, 0.3) is 0 Å². The molecule has 25 heavy (non-hydrogen) atoms. The predicted octanol–water partition coefficient (Wildman–Crippen LogP) is 1.34. The summed E-state index contributed by atoms with van der Waals surface area (Å²) in [5.41, 5.74) is 2.28. The third-order valence-corrected chi connectivity index (χ3v) is 5.58. The molecule has 1 amide bonds. The van der Waals surface area contributed by atoms with E-state index in [1.807, 2.05) is 53.2 Å². The maximum atomic E-state index is 12.6. The monoisotopic (exact) mass is 339 g/mol. The average Bonchev–Trinajstić information content (AvgIpc) is 3.20. The lowest BCUT2D eigenvalue weighted by molar-refractivity contribution is -0.123. The highest BCUT2D eigenvalue weighted by Crippen LogP contribution is 2.33. The Morgan fingerprint density at radius 3 is 2.68 bits per heavy atom. The Balaban J connectivity index is 1.51. The predicted molar refractivity (Wildman–Crippen MR) is 97.3 cm³/mol. The molecule has 6 heteroatoms. The number of para-hydroxylation sites is 1. The first-order valence-corrected chi connectivity index (χ1v) is 8.82. The van der Waals surface area contributed by atoms with Gasteiger partial charge in [-0.2, -0.15) is 5.10 Å². The van der Waals surface area contributed by atoms with Crippen molar-refractivity contribution in [2.24, 2.45) is 7.05 Å². The van der Waals surface area contributed by atoms with E-state index in [1.165, 1.54) is 5.56 Å². The molecule has 2 saturated heterocycles. The van der Waals surface area contributed by atoms with Crippen LogP contribution >= 0.6 is 0 Å². The zero-order chi connectivity index (χ0) is 17.4. The zero-order valence-corrected chi connectivity index (χ0v) is 14.9. The summed E-state index contributed by atoms with van der Waals surface area (Å²) in [6, 6.07) is 10.0. The van der Waals surface area contributed by atoms with Gasteiger partial charge in [-0.05, 0) is 25.6 Å². The summed E-state index contributed by atoms with van der Waals surface area (Å²) in [7, 11) is 4.04. The summed E-state index contributed by atoms with van der Waals surface area (Å²) >= 11 is 0. The first kappa shape index (κ1) is 16.3. The van der Waals surface area contributed by atoms with Crippen molar-refractivity contribution in [3.63, 3.8) is 0 Å². The van der Waals surface area contributed by atoms with Crippen molar-refractivity contribution in [3.8, 4) is 0 Å². The molecule has 3 heterocycles. The van der Waals surface area contributed by atoms with Crippen molar-refractivity contribution in [2.75, 3.05) is 38.1 Å². The van der Waals surface area contributed by atoms with Gasteiger partial charge in [-0.15, -0.1) is 0 Å². The first-order valence-electron chi connectivity index (χ1n) is 8.82. The van der Waals surface area contributed by atoms with Crippen LogP contribution in [-0.2, 0) is 18.4 Å². The van der Waals surface area contributed by atoms with E-state index in [-0.39, 0.29) is 11.4 Å². The molecule has 2 aromatic rings. The van der Waals surface area contributed by atoms with Gasteiger partial charge in [-0.1, -0.05) is 18.2 Å². The van der Waals surface area contributed by atoms with Gasteiger partial charge in [0.1, 0.15) is 0 Å². The van der Waals surface area contributed by atoms with Gasteiger partial charge in [0, 0.05) is 50.7 Å². The quantitative estimate of drug-likeness (QED) is 0.847. The minimum absolute atomic E-state index is 0.0337. The van der Waals surface area contributed by atoms with Crippen LogP contribution in [0.5, 0.6) is 0 Å². The van der Waals surface area contributed by atoms with Crippen LogP contribution < -0.4 is 4.90 Å². The SMILES string of the molecule is CN1CC(=O)N(c2ccccc2)CC12CCN(Cc1cnn(C)c1)C2. The number of likely N-dealkylation sites (tertiary alicyclic amines) is 1. The number of aromatic nitrogens is 2. The van der Waals surface area contributed by atoms with Crippen LogP contribution in [0.25, 0.3) is 0 Å². The van der Waals surface area contributed by atoms with Crippen molar-refractivity contribution < 1.29 is 4.79 Å². The second-order valence-corrected chi connectivity index (χ2v) is 7.38. The molecular formula is C19H25N5O. The molecule has 0 N–H and O–H groups in total. The van der Waals surface area contributed by atoms with Gasteiger partial charge in [-0.25, -0.2) is 0 Å². The van der Waals surface area contributed by atoms with Crippen molar-refractivity contribution in [3.05, 3.63) is 48.3 Å². The van der Waals surface area contributed by atoms with E-state index in [9.17, 15) is 4.79 Å². The Morgan fingerprint density at radius 2 is 1.96 bits per heavy atom. The molecule has 0 bridgehead atoms. The van der Waals surface area contributed by atoms with Crippen molar-refractivity contribution in [1.82, 2.24) is 19.6 Å². The number of carbonyl (C=O) groups excluding carboxylic acids is 1. The molecule has 0 aliphatic carbocycles.